The van der Waals surface area contributed by atoms with E-state index in [9.17, 15) is 0 Å². The number of hydrogen-bond donors (Lipinski definition) is 0. The van der Waals surface area contributed by atoms with Crippen LogP contribution in [0, 0.1) is 19.3 Å². The lowest BCUT2D eigenvalue weighted by molar-refractivity contribution is 0.0258. The Morgan fingerprint density at radius 3 is 2.17 bits per heavy atom. The van der Waals surface area contributed by atoms with Crippen LogP contribution in [0.2, 0.25) is 0 Å². The Kier molecular flexibility index (Phi) is 9.95. The van der Waals surface area contributed by atoms with Gasteiger partial charge in [0.05, 0.1) is 26.4 Å². The van der Waals surface area contributed by atoms with Gasteiger partial charge in [0.25, 0.3) is 0 Å². The molecule has 0 atom stereocenters. The van der Waals surface area contributed by atoms with Gasteiger partial charge in [-0.05, 0) is 6.92 Å². The van der Waals surface area contributed by atoms with Crippen LogP contribution in [0.3, 0.4) is 0 Å². The van der Waals surface area contributed by atoms with Gasteiger partial charge in [-0.25, -0.2) is 0 Å². The highest BCUT2D eigenvalue weighted by Gasteiger charge is 1.88. The maximum absolute atomic E-state index is 5.14. The molecule has 12 heavy (non-hydrogen) atoms. The van der Waals surface area contributed by atoms with E-state index in [1.165, 1.54) is 0 Å². The molecule has 0 heterocycles. The lowest BCUT2D eigenvalue weighted by Gasteiger charge is -2.03. The minimum absolute atomic E-state index is 0.346. The molecule has 0 N–H and O–H groups in total. The first-order valence-corrected chi connectivity index (χ1v) is 3.87. The Labute approximate surface area is 74.0 Å². The molecule has 0 spiro atoms. The lowest BCUT2D eigenvalue weighted by atomic mass is 10.7. The lowest BCUT2D eigenvalue weighted by Crippen LogP contribution is -2.09. The van der Waals surface area contributed by atoms with Crippen LogP contribution in [0.15, 0.2) is 0 Å². The van der Waals surface area contributed by atoms with Crippen molar-refractivity contribution in [3.63, 3.8) is 0 Å². The second-order valence-corrected chi connectivity index (χ2v) is 1.98. The van der Waals surface area contributed by atoms with Crippen molar-refractivity contribution >= 4 is 0 Å². The van der Waals surface area contributed by atoms with Gasteiger partial charge in [-0.15, -0.1) is 6.42 Å². The molecule has 0 aliphatic heterocycles. The molecular weight excluding hydrogens is 156 g/mol. The van der Waals surface area contributed by atoms with Gasteiger partial charge in [0.2, 0.25) is 0 Å². The van der Waals surface area contributed by atoms with Gasteiger partial charge >= 0.3 is 0 Å². The van der Waals surface area contributed by atoms with Crippen molar-refractivity contribution in [1.29, 1.82) is 0 Å². The Morgan fingerprint density at radius 1 is 1.00 bits per heavy atom. The van der Waals surface area contributed by atoms with Crippen molar-refractivity contribution in [1.82, 2.24) is 0 Å². The summed E-state index contributed by atoms with van der Waals surface area (Å²) in [7, 11) is 0. The molecule has 1 radical (unpaired) electrons. The number of ether oxygens (including phenoxy) is 3. The van der Waals surface area contributed by atoms with E-state index in [2.05, 4.69) is 12.8 Å². The maximum atomic E-state index is 5.14. The molecule has 0 bridgehead atoms. The summed E-state index contributed by atoms with van der Waals surface area (Å²) in [6, 6.07) is 0. The number of hydrogen-bond acceptors (Lipinski definition) is 3. The van der Waals surface area contributed by atoms with Crippen molar-refractivity contribution < 1.29 is 14.2 Å². The third-order valence-corrected chi connectivity index (χ3v) is 1.07. The largest absolute Gasteiger partial charge is 0.379 e. The molecule has 0 aliphatic carbocycles. The molecule has 0 aliphatic rings. The van der Waals surface area contributed by atoms with E-state index in [1.807, 2.05) is 0 Å². The van der Waals surface area contributed by atoms with Gasteiger partial charge in [0, 0.05) is 6.61 Å². The summed E-state index contributed by atoms with van der Waals surface area (Å²) in [5, 5.41) is 0. The minimum atomic E-state index is 0.346. The standard InChI is InChI=1S/C9H15O3/c1-3-5-11-8-9-12-7-6-10-4-2/h1H,2,4-9H2. The Balaban J connectivity index is 2.78. The first-order chi connectivity index (χ1) is 5.91. The fourth-order valence-corrected chi connectivity index (χ4v) is 0.571. The minimum Gasteiger partial charge on any atom is -0.379 e. The summed E-state index contributed by atoms with van der Waals surface area (Å²) in [5.41, 5.74) is 0. The summed E-state index contributed by atoms with van der Waals surface area (Å²) in [5.74, 6) is 2.37. The summed E-state index contributed by atoms with van der Waals surface area (Å²) in [4.78, 5) is 0. The number of rotatable bonds is 8. The second-order valence-electron chi connectivity index (χ2n) is 1.98. The predicted molar refractivity (Wildman–Crippen MR) is 46.6 cm³/mol. The first kappa shape index (κ1) is 11.4. The first-order valence-electron chi connectivity index (χ1n) is 3.87. The summed E-state index contributed by atoms with van der Waals surface area (Å²) >= 11 is 0. The third kappa shape index (κ3) is 9.44. The van der Waals surface area contributed by atoms with Crippen LogP contribution in [0.1, 0.15) is 0 Å². The summed E-state index contributed by atoms with van der Waals surface area (Å²) in [6.45, 7) is 6.60. The van der Waals surface area contributed by atoms with Gasteiger partial charge in [0.15, 0.2) is 0 Å². The van der Waals surface area contributed by atoms with Gasteiger partial charge in [-0.3, -0.25) is 0 Å². The van der Waals surface area contributed by atoms with Crippen LogP contribution in [0.25, 0.3) is 0 Å². The molecular formula is C9H15O3. The van der Waals surface area contributed by atoms with E-state index in [4.69, 9.17) is 20.6 Å². The highest BCUT2D eigenvalue weighted by atomic mass is 16.5. The van der Waals surface area contributed by atoms with Crippen molar-refractivity contribution in [3.05, 3.63) is 6.92 Å². The van der Waals surface area contributed by atoms with E-state index < -0.39 is 0 Å². The van der Waals surface area contributed by atoms with Gasteiger partial charge in [-0.2, -0.15) is 0 Å². The van der Waals surface area contributed by atoms with E-state index >= 15 is 0 Å². The molecule has 0 aromatic heterocycles. The molecule has 0 saturated heterocycles. The van der Waals surface area contributed by atoms with Gasteiger partial charge in [0.1, 0.15) is 6.61 Å². The van der Waals surface area contributed by atoms with Crippen LogP contribution < -0.4 is 0 Å². The normalized spacial score (nSPS) is 9.67. The van der Waals surface area contributed by atoms with E-state index in [0.29, 0.717) is 39.6 Å². The fraction of sp³-hybridized carbons (Fsp3) is 0.667. The van der Waals surface area contributed by atoms with Crippen LogP contribution in [0.5, 0.6) is 0 Å². The maximum Gasteiger partial charge on any atom is 0.107 e. The zero-order valence-electron chi connectivity index (χ0n) is 7.25. The van der Waals surface area contributed by atoms with Crippen LogP contribution in [-0.4, -0.2) is 39.6 Å². The van der Waals surface area contributed by atoms with Crippen molar-refractivity contribution in [2.45, 2.75) is 0 Å². The highest BCUT2D eigenvalue weighted by Crippen LogP contribution is 1.79. The third-order valence-electron chi connectivity index (χ3n) is 1.07. The van der Waals surface area contributed by atoms with Crippen LogP contribution in [0.4, 0.5) is 0 Å². The van der Waals surface area contributed by atoms with Gasteiger partial charge < -0.3 is 14.2 Å². The highest BCUT2D eigenvalue weighted by molar-refractivity contribution is 4.82. The van der Waals surface area contributed by atoms with E-state index in [0.717, 1.165) is 0 Å². The molecule has 0 unspecified atom stereocenters. The zero-order valence-corrected chi connectivity index (χ0v) is 7.25. The SMILES string of the molecule is C#CCOCCOCCOC[CH2]. The summed E-state index contributed by atoms with van der Waals surface area (Å²) < 4.78 is 15.1. The van der Waals surface area contributed by atoms with Gasteiger partial charge in [-0.1, -0.05) is 5.92 Å². The molecule has 0 rings (SSSR count). The predicted octanol–water partition coefficient (Wildman–Crippen LogP) is 0.503. The molecule has 69 valence electrons. The molecule has 3 heteroatoms. The zero-order chi connectivity index (χ0) is 9.07. The number of terminal acetylenes is 1. The molecule has 0 amide bonds. The van der Waals surface area contributed by atoms with Crippen LogP contribution in [-0.2, 0) is 14.2 Å². The molecule has 0 aromatic carbocycles. The second kappa shape index (κ2) is 10.4. The Morgan fingerprint density at radius 2 is 1.58 bits per heavy atom. The fourth-order valence-electron chi connectivity index (χ4n) is 0.571. The topological polar surface area (TPSA) is 27.7 Å². The average Bonchev–Trinajstić information content (AvgIpc) is 2.10. The van der Waals surface area contributed by atoms with Crippen molar-refractivity contribution in [2.24, 2.45) is 0 Å². The molecule has 3 nitrogen and oxygen atoms in total. The average molecular weight is 171 g/mol. The van der Waals surface area contributed by atoms with E-state index in [1.54, 1.807) is 0 Å². The quantitative estimate of drug-likeness (QED) is 0.393. The summed E-state index contributed by atoms with van der Waals surface area (Å²) in [6.07, 6.45) is 4.97. The van der Waals surface area contributed by atoms with Crippen molar-refractivity contribution in [2.75, 3.05) is 39.6 Å². The van der Waals surface area contributed by atoms with Crippen molar-refractivity contribution in [3.8, 4) is 12.3 Å². The van der Waals surface area contributed by atoms with Crippen LogP contribution >= 0.6 is 0 Å². The Bertz CT molecular complexity index is 117. The smallest absolute Gasteiger partial charge is 0.107 e. The molecule has 0 fully saturated rings. The Hall–Kier alpha value is -0.560. The molecule has 0 aromatic rings. The molecule has 0 saturated carbocycles. The monoisotopic (exact) mass is 171 g/mol. The van der Waals surface area contributed by atoms with E-state index in [-0.39, 0.29) is 0 Å².